The highest BCUT2D eigenvalue weighted by Gasteiger charge is 2.24. The number of nitrogens with zero attached hydrogens (tertiary/aromatic N) is 1. The molecule has 0 spiro atoms. The SMILES string of the molecule is O=C(NC1CC1)c1ccc2[nH]nc(-c3cccc(F)c3)c2c1. The van der Waals surface area contributed by atoms with E-state index in [9.17, 15) is 9.18 Å². The van der Waals surface area contributed by atoms with Gasteiger partial charge in [-0.3, -0.25) is 9.89 Å². The molecule has 2 aromatic carbocycles. The number of carbonyl (C=O) groups is 1. The third-order valence-corrected chi connectivity index (χ3v) is 3.84. The molecule has 0 aliphatic heterocycles. The van der Waals surface area contributed by atoms with Crippen molar-refractivity contribution in [1.29, 1.82) is 0 Å². The molecule has 1 aliphatic carbocycles. The van der Waals surface area contributed by atoms with Crippen LogP contribution in [0.15, 0.2) is 42.5 Å². The summed E-state index contributed by atoms with van der Waals surface area (Å²) in [6.45, 7) is 0. The molecule has 1 aliphatic rings. The number of fused-ring (bicyclic) bond motifs is 1. The maximum absolute atomic E-state index is 13.4. The van der Waals surface area contributed by atoms with Gasteiger partial charge in [-0.1, -0.05) is 12.1 Å². The monoisotopic (exact) mass is 295 g/mol. The van der Waals surface area contributed by atoms with Crippen LogP contribution < -0.4 is 5.32 Å². The first-order valence-corrected chi connectivity index (χ1v) is 7.25. The Kier molecular flexibility index (Phi) is 2.92. The van der Waals surface area contributed by atoms with Crippen LogP contribution in [0, 0.1) is 5.82 Å². The van der Waals surface area contributed by atoms with Crippen molar-refractivity contribution in [3.63, 3.8) is 0 Å². The van der Waals surface area contributed by atoms with Gasteiger partial charge in [-0.05, 0) is 43.2 Å². The molecular formula is C17H14FN3O. The Balaban J connectivity index is 1.77. The van der Waals surface area contributed by atoms with Crippen LogP contribution in [0.25, 0.3) is 22.2 Å². The van der Waals surface area contributed by atoms with Gasteiger partial charge >= 0.3 is 0 Å². The van der Waals surface area contributed by atoms with E-state index >= 15 is 0 Å². The number of carbonyl (C=O) groups excluding carboxylic acids is 1. The fourth-order valence-electron chi connectivity index (χ4n) is 2.51. The van der Waals surface area contributed by atoms with Crippen LogP contribution in [0.3, 0.4) is 0 Å². The van der Waals surface area contributed by atoms with E-state index in [4.69, 9.17) is 0 Å². The Morgan fingerprint density at radius 1 is 1.23 bits per heavy atom. The van der Waals surface area contributed by atoms with E-state index < -0.39 is 0 Å². The third kappa shape index (κ3) is 2.35. The minimum Gasteiger partial charge on any atom is -0.349 e. The van der Waals surface area contributed by atoms with Crippen molar-refractivity contribution in [2.24, 2.45) is 0 Å². The fourth-order valence-corrected chi connectivity index (χ4v) is 2.51. The summed E-state index contributed by atoms with van der Waals surface area (Å²) >= 11 is 0. The minimum atomic E-state index is -0.309. The summed E-state index contributed by atoms with van der Waals surface area (Å²) in [5.41, 5.74) is 2.75. The topological polar surface area (TPSA) is 57.8 Å². The number of rotatable bonds is 3. The average Bonchev–Trinajstić information content (AvgIpc) is 3.23. The number of aromatic amines is 1. The molecule has 2 N–H and O–H groups in total. The van der Waals surface area contributed by atoms with E-state index in [1.807, 2.05) is 6.07 Å². The Hall–Kier alpha value is -2.69. The molecule has 4 nitrogen and oxygen atoms in total. The summed E-state index contributed by atoms with van der Waals surface area (Å²) in [6.07, 6.45) is 2.10. The van der Waals surface area contributed by atoms with E-state index in [1.54, 1.807) is 24.3 Å². The highest BCUT2D eigenvalue weighted by molar-refractivity contribution is 6.01. The number of aromatic nitrogens is 2. The lowest BCUT2D eigenvalue weighted by molar-refractivity contribution is 0.0951. The normalized spacial score (nSPS) is 14.2. The molecule has 0 atom stereocenters. The number of nitrogens with one attached hydrogen (secondary N) is 2. The number of H-pyrrole nitrogens is 1. The van der Waals surface area contributed by atoms with E-state index in [-0.39, 0.29) is 11.7 Å². The number of amides is 1. The van der Waals surface area contributed by atoms with Crippen LogP contribution >= 0.6 is 0 Å². The molecule has 0 unspecified atom stereocenters. The summed E-state index contributed by atoms with van der Waals surface area (Å²) in [7, 11) is 0. The fraction of sp³-hybridized carbons (Fsp3) is 0.176. The number of hydrogen-bond donors (Lipinski definition) is 2. The standard InChI is InChI=1S/C17H14FN3O/c18-12-3-1-2-10(8-12)16-14-9-11(4-7-15(14)20-21-16)17(22)19-13-5-6-13/h1-4,7-9,13H,5-6H2,(H,19,22)(H,20,21). The van der Waals surface area contributed by atoms with Gasteiger partial charge in [0.25, 0.3) is 5.91 Å². The minimum absolute atomic E-state index is 0.0733. The van der Waals surface area contributed by atoms with E-state index in [0.29, 0.717) is 22.9 Å². The zero-order valence-electron chi connectivity index (χ0n) is 11.8. The maximum atomic E-state index is 13.4. The van der Waals surface area contributed by atoms with Gasteiger partial charge in [0, 0.05) is 22.6 Å². The molecule has 0 radical (unpaired) electrons. The molecule has 1 fully saturated rings. The molecule has 1 heterocycles. The van der Waals surface area contributed by atoms with Gasteiger partial charge in [0.1, 0.15) is 11.5 Å². The molecule has 0 bridgehead atoms. The summed E-state index contributed by atoms with van der Waals surface area (Å²) in [5, 5.41) is 11.0. The molecule has 110 valence electrons. The number of benzene rings is 2. The first kappa shape index (κ1) is 13.0. The second kappa shape index (κ2) is 4.94. The van der Waals surface area contributed by atoms with Gasteiger partial charge < -0.3 is 5.32 Å². The molecule has 1 aromatic heterocycles. The van der Waals surface area contributed by atoms with Gasteiger partial charge in [0.05, 0.1) is 5.52 Å². The first-order chi connectivity index (χ1) is 10.7. The van der Waals surface area contributed by atoms with Crippen LogP contribution in [-0.2, 0) is 0 Å². The van der Waals surface area contributed by atoms with Crippen LogP contribution in [0.4, 0.5) is 4.39 Å². The van der Waals surface area contributed by atoms with Crippen molar-refractivity contribution in [3.05, 3.63) is 53.8 Å². The zero-order chi connectivity index (χ0) is 15.1. The summed E-state index contributed by atoms with van der Waals surface area (Å²) in [4.78, 5) is 12.2. The second-order valence-corrected chi connectivity index (χ2v) is 5.59. The van der Waals surface area contributed by atoms with Crippen LogP contribution in [0.1, 0.15) is 23.2 Å². The van der Waals surface area contributed by atoms with E-state index in [0.717, 1.165) is 23.7 Å². The predicted molar refractivity (Wildman–Crippen MR) is 82.0 cm³/mol. The Bertz CT molecular complexity index is 867. The summed E-state index contributed by atoms with van der Waals surface area (Å²) in [6, 6.07) is 12.0. The highest BCUT2D eigenvalue weighted by atomic mass is 19.1. The van der Waals surface area contributed by atoms with Crippen LogP contribution in [-0.4, -0.2) is 22.1 Å². The molecule has 5 heteroatoms. The smallest absolute Gasteiger partial charge is 0.251 e. The van der Waals surface area contributed by atoms with Gasteiger partial charge in [-0.2, -0.15) is 5.10 Å². The second-order valence-electron chi connectivity index (χ2n) is 5.59. The van der Waals surface area contributed by atoms with Crippen molar-refractivity contribution in [2.45, 2.75) is 18.9 Å². The highest BCUT2D eigenvalue weighted by Crippen LogP contribution is 2.28. The summed E-state index contributed by atoms with van der Waals surface area (Å²) in [5.74, 6) is -0.382. The van der Waals surface area contributed by atoms with Crippen LogP contribution in [0.2, 0.25) is 0 Å². The van der Waals surface area contributed by atoms with Gasteiger partial charge in [-0.15, -0.1) is 0 Å². The number of halogens is 1. The molecule has 3 aromatic rings. The van der Waals surface area contributed by atoms with Crippen LogP contribution in [0.5, 0.6) is 0 Å². The molecule has 0 saturated heterocycles. The van der Waals surface area contributed by atoms with Crippen molar-refractivity contribution in [3.8, 4) is 11.3 Å². The zero-order valence-corrected chi connectivity index (χ0v) is 11.8. The lowest BCUT2D eigenvalue weighted by Gasteiger charge is -2.04. The first-order valence-electron chi connectivity index (χ1n) is 7.25. The Morgan fingerprint density at radius 2 is 2.09 bits per heavy atom. The predicted octanol–water partition coefficient (Wildman–Crippen LogP) is 3.26. The Labute approximate surface area is 126 Å². The summed E-state index contributed by atoms with van der Waals surface area (Å²) < 4.78 is 13.4. The maximum Gasteiger partial charge on any atom is 0.251 e. The molecule has 4 rings (SSSR count). The molecular weight excluding hydrogens is 281 g/mol. The van der Waals surface area contributed by atoms with Crippen molar-refractivity contribution >= 4 is 16.8 Å². The molecule has 1 amide bonds. The molecule has 22 heavy (non-hydrogen) atoms. The average molecular weight is 295 g/mol. The lowest BCUT2D eigenvalue weighted by atomic mass is 10.1. The van der Waals surface area contributed by atoms with Gasteiger partial charge in [-0.25, -0.2) is 4.39 Å². The Morgan fingerprint density at radius 3 is 2.86 bits per heavy atom. The lowest BCUT2D eigenvalue weighted by Crippen LogP contribution is -2.25. The van der Waals surface area contributed by atoms with Crippen molar-refractivity contribution in [2.75, 3.05) is 0 Å². The van der Waals surface area contributed by atoms with Crippen molar-refractivity contribution in [1.82, 2.24) is 15.5 Å². The van der Waals surface area contributed by atoms with E-state index in [1.165, 1.54) is 12.1 Å². The quantitative estimate of drug-likeness (QED) is 0.779. The molecule has 1 saturated carbocycles. The van der Waals surface area contributed by atoms with Gasteiger partial charge in [0.15, 0.2) is 0 Å². The third-order valence-electron chi connectivity index (χ3n) is 3.84. The number of hydrogen-bond acceptors (Lipinski definition) is 2. The van der Waals surface area contributed by atoms with Gasteiger partial charge in [0.2, 0.25) is 0 Å². The largest absolute Gasteiger partial charge is 0.349 e. The van der Waals surface area contributed by atoms with Crippen molar-refractivity contribution < 1.29 is 9.18 Å². The van der Waals surface area contributed by atoms with E-state index in [2.05, 4.69) is 15.5 Å².